The smallest absolute Gasteiger partial charge is 0.229 e. The van der Waals surface area contributed by atoms with E-state index in [-0.39, 0.29) is 11.8 Å². The first kappa shape index (κ1) is 24.2. The van der Waals surface area contributed by atoms with E-state index < -0.39 is 0 Å². The highest BCUT2D eigenvalue weighted by atomic mass is 16.2. The maximum Gasteiger partial charge on any atom is 0.229 e. The molecule has 4 atom stereocenters. The Bertz CT molecular complexity index is 847. The zero-order chi connectivity index (χ0) is 23.4. The Morgan fingerprint density at radius 2 is 2.00 bits per heavy atom. The molecule has 0 spiro atoms. The fourth-order valence-electron chi connectivity index (χ4n) is 6.43. The van der Waals surface area contributed by atoms with Gasteiger partial charge in [-0.25, -0.2) is 0 Å². The van der Waals surface area contributed by atoms with Gasteiger partial charge in [-0.1, -0.05) is 42.0 Å². The van der Waals surface area contributed by atoms with Gasteiger partial charge in [0.2, 0.25) is 5.91 Å². The minimum absolute atomic E-state index is 0.0137. The normalized spacial score (nSPS) is 29.1. The van der Waals surface area contributed by atoms with Gasteiger partial charge in [-0.15, -0.1) is 6.58 Å². The van der Waals surface area contributed by atoms with Crippen molar-refractivity contribution in [3.63, 3.8) is 0 Å². The lowest BCUT2D eigenvalue weighted by atomic mass is 9.84. The molecule has 2 aliphatic carbocycles. The molecule has 2 bridgehead atoms. The van der Waals surface area contributed by atoms with Crippen LogP contribution in [0.25, 0.3) is 0 Å². The van der Waals surface area contributed by atoms with Crippen molar-refractivity contribution in [3.8, 4) is 0 Å². The fourth-order valence-corrected chi connectivity index (χ4v) is 6.43. The topological polar surface area (TPSA) is 26.8 Å². The van der Waals surface area contributed by atoms with E-state index in [9.17, 15) is 4.79 Å². The molecule has 4 heteroatoms. The Morgan fingerprint density at radius 3 is 2.67 bits per heavy atom. The van der Waals surface area contributed by atoms with Crippen LogP contribution in [-0.4, -0.2) is 71.5 Å². The molecule has 0 aromatic carbocycles. The number of fused-ring (bicyclic) bond motifs is 2. The van der Waals surface area contributed by atoms with Gasteiger partial charge in [-0.05, 0) is 70.4 Å². The lowest BCUT2D eigenvalue weighted by Gasteiger charge is -2.40. The Kier molecular flexibility index (Phi) is 8.08. The molecule has 33 heavy (non-hydrogen) atoms. The third-order valence-corrected chi connectivity index (χ3v) is 8.11. The van der Waals surface area contributed by atoms with Gasteiger partial charge < -0.3 is 4.90 Å². The summed E-state index contributed by atoms with van der Waals surface area (Å²) in [7, 11) is 0. The second-order valence-corrected chi connectivity index (χ2v) is 10.2. The zero-order valence-electron chi connectivity index (χ0n) is 21.0. The molecule has 0 aromatic rings. The highest BCUT2D eigenvalue weighted by Crippen LogP contribution is 2.40. The summed E-state index contributed by atoms with van der Waals surface area (Å²) in [6, 6.07) is 1.58. The van der Waals surface area contributed by atoms with Gasteiger partial charge in [0.25, 0.3) is 0 Å². The molecule has 2 fully saturated rings. The van der Waals surface area contributed by atoms with Crippen molar-refractivity contribution < 1.29 is 4.79 Å². The van der Waals surface area contributed by atoms with Crippen molar-refractivity contribution in [1.82, 2.24) is 14.7 Å². The van der Waals surface area contributed by atoms with E-state index >= 15 is 0 Å². The Morgan fingerprint density at radius 1 is 1.21 bits per heavy atom. The van der Waals surface area contributed by atoms with E-state index in [0.29, 0.717) is 18.1 Å². The van der Waals surface area contributed by atoms with Crippen LogP contribution in [0.5, 0.6) is 0 Å². The second kappa shape index (κ2) is 11.0. The SMILES string of the molecule is C=CCN1CCC2CCC(C1)N2C(C1=CCC(C(=O)N(CC)CC)C=C1)C1=CC(C)=CCC1. The van der Waals surface area contributed by atoms with Crippen LogP contribution in [0.3, 0.4) is 0 Å². The Balaban J connectivity index is 1.61. The zero-order valence-corrected chi connectivity index (χ0v) is 21.0. The van der Waals surface area contributed by atoms with Crippen LogP contribution in [0.2, 0.25) is 0 Å². The summed E-state index contributed by atoms with van der Waals surface area (Å²) in [4.78, 5) is 20.4. The molecule has 4 rings (SSSR count). The Hall–Kier alpha value is -1.91. The molecular weight excluding hydrogens is 406 g/mol. The van der Waals surface area contributed by atoms with E-state index in [4.69, 9.17) is 0 Å². The maximum absolute atomic E-state index is 12.9. The lowest BCUT2D eigenvalue weighted by molar-refractivity contribution is -0.133. The molecule has 2 aliphatic heterocycles. The van der Waals surface area contributed by atoms with Crippen molar-refractivity contribution >= 4 is 5.91 Å². The number of nitrogens with zero attached hydrogens (tertiary/aromatic N) is 3. The van der Waals surface area contributed by atoms with Gasteiger partial charge in [-0.2, -0.15) is 0 Å². The molecule has 0 saturated carbocycles. The van der Waals surface area contributed by atoms with Crippen molar-refractivity contribution in [3.05, 3.63) is 59.8 Å². The standard InChI is InChI=1S/C29H43N3O/c1-5-18-30-19-17-26-15-16-27(21-30)32(26)28(25-10-8-9-22(4)20-25)23-11-13-24(14-12-23)29(33)31(6-2)7-3/h5,9,11-13,20,24,26-28H,1,6-8,10,14-19,21H2,2-4H3. The van der Waals surface area contributed by atoms with Crippen molar-refractivity contribution in [2.45, 2.75) is 77.4 Å². The van der Waals surface area contributed by atoms with Crippen molar-refractivity contribution in [2.75, 3.05) is 32.7 Å². The summed E-state index contributed by atoms with van der Waals surface area (Å²) >= 11 is 0. The molecule has 180 valence electrons. The van der Waals surface area contributed by atoms with Crippen LogP contribution in [0.15, 0.2) is 59.8 Å². The number of hydrogen-bond acceptors (Lipinski definition) is 3. The predicted octanol–water partition coefficient (Wildman–Crippen LogP) is 5.12. The van der Waals surface area contributed by atoms with Crippen LogP contribution >= 0.6 is 0 Å². The van der Waals surface area contributed by atoms with Crippen molar-refractivity contribution in [2.24, 2.45) is 5.92 Å². The molecule has 0 radical (unpaired) electrons. The van der Waals surface area contributed by atoms with Crippen molar-refractivity contribution in [1.29, 1.82) is 0 Å². The number of likely N-dealkylation sites (tertiary alicyclic amines) is 1. The van der Waals surface area contributed by atoms with Crippen LogP contribution < -0.4 is 0 Å². The average molecular weight is 450 g/mol. The number of allylic oxidation sites excluding steroid dienone is 4. The van der Waals surface area contributed by atoms with Gasteiger partial charge in [0.05, 0.1) is 12.0 Å². The molecule has 1 amide bonds. The third-order valence-electron chi connectivity index (χ3n) is 8.11. The third kappa shape index (κ3) is 5.27. The van der Waals surface area contributed by atoms with E-state index in [0.717, 1.165) is 45.4 Å². The number of amides is 1. The minimum atomic E-state index is -0.0137. The van der Waals surface area contributed by atoms with Crippen LogP contribution in [0, 0.1) is 5.92 Å². The lowest BCUT2D eigenvalue weighted by Crippen LogP contribution is -2.47. The largest absolute Gasteiger partial charge is 0.343 e. The van der Waals surface area contributed by atoms with Gasteiger partial charge >= 0.3 is 0 Å². The highest BCUT2D eigenvalue weighted by Gasteiger charge is 2.43. The van der Waals surface area contributed by atoms with Crippen LogP contribution in [-0.2, 0) is 4.79 Å². The van der Waals surface area contributed by atoms with Crippen LogP contribution in [0.4, 0.5) is 0 Å². The van der Waals surface area contributed by atoms with Gasteiger partial charge in [-0.3, -0.25) is 14.6 Å². The van der Waals surface area contributed by atoms with Crippen LogP contribution in [0.1, 0.15) is 59.3 Å². The van der Waals surface area contributed by atoms with Gasteiger partial charge in [0.1, 0.15) is 0 Å². The summed E-state index contributed by atoms with van der Waals surface area (Å²) in [5.74, 6) is 0.258. The number of carbonyl (C=O) groups is 1. The summed E-state index contributed by atoms with van der Waals surface area (Å²) in [6.07, 6.45) is 20.7. The molecule has 2 heterocycles. The van der Waals surface area contributed by atoms with E-state index in [1.165, 1.54) is 37.0 Å². The minimum Gasteiger partial charge on any atom is -0.343 e. The quantitative estimate of drug-likeness (QED) is 0.482. The monoisotopic (exact) mass is 449 g/mol. The first-order valence-electron chi connectivity index (χ1n) is 13.2. The fraction of sp³-hybridized carbons (Fsp3) is 0.621. The average Bonchev–Trinajstić information content (AvgIpc) is 3.11. The predicted molar refractivity (Wildman–Crippen MR) is 138 cm³/mol. The molecule has 0 aromatic heterocycles. The molecule has 0 N–H and O–H groups in total. The first-order chi connectivity index (χ1) is 16.0. The van der Waals surface area contributed by atoms with E-state index in [2.05, 4.69) is 73.6 Å². The molecule has 4 unspecified atom stereocenters. The first-order valence-corrected chi connectivity index (χ1v) is 13.2. The second-order valence-electron chi connectivity index (χ2n) is 10.2. The summed E-state index contributed by atoms with van der Waals surface area (Å²) in [6.45, 7) is 15.2. The van der Waals surface area contributed by atoms with E-state index in [1.54, 1.807) is 5.57 Å². The maximum atomic E-state index is 12.9. The van der Waals surface area contributed by atoms with Gasteiger partial charge in [0.15, 0.2) is 0 Å². The highest BCUT2D eigenvalue weighted by molar-refractivity contribution is 5.81. The summed E-state index contributed by atoms with van der Waals surface area (Å²) in [5, 5.41) is 0. The molecule has 4 nitrogen and oxygen atoms in total. The van der Waals surface area contributed by atoms with Gasteiger partial charge in [0, 0.05) is 44.8 Å². The number of hydrogen-bond donors (Lipinski definition) is 0. The molecule has 2 saturated heterocycles. The number of carbonyl (C=O) groups excluding carboxylic acids is 1. The molecule has 4 aliphatic rings. The van der Waals surface area contributed by atoms with E-state index in [1.807, 2.05) is 4.90 Å². The molecular formula is C29H43N3O. The Labute approximate surface area is 201 Å². The summed E-state index contributed by atoms with van der Waals surface area (Å²) < 4.78 is 0. The summed E-state index contributed by atoms with van der Waals surface area (Å²) in [5.41, 5.74) is 4.37. The number of rotatable bonds is 8.